The number of likely N-dealkylation sites (N-methyl/N-ethyl adjacent to an activating group) is 2. The second-order valence-corrected chi connectivity index (χ2v) is 8.60. The highest BCUT2D eigenvalue weighted by atomic mass is 32.1. The molecule has 0 aliphatic heterocycles. The van der Waals surface area contributed by atoms with Gasteiger partial charge in [0.2, 0.25) is 0 Å². The summed E-state index contributed by atoms with van der Waals surface area (Å²) in [5, 5.41) is 17.0. The molecule has 0 saturated heterocycles. The molecule has 5 N–H and O–H groups in total. The van der Waals surface area contributed by atoms with Gasteiger partial charge in [0.15, 0.2) is 0 Å². The van der Waals surface area contributed by atoms with Gasteiger partial charge in [-0.15, -0.1) is 11.3 Å². The molecule has 0 aliphatic rings. The van der Waals surface area contributed by atoms with Crippen molar-refractivity contribution >= 4 is 45.6 Å². The maximum atomic E-state index is 8.63. The van der Waals surface area contributed by atoms with E-state index >= 15 is 0 Å². The predicted octanol–water partition coefficient (Wildman–Crippen LogP) is 3.93. The van der Waals surface area contributed by atoms with Gasteiger partial charge < -0.3 is 30.9 Å². The fraction of sp³-hybridized carbons (Fsp3) is 0.304. The first-order valence-corrected chi connectivity index (χ1v) is 11.1. The van der Waals surface area contributed by atoms with Crippen LogP contribution in [0.4, 0.5) is 28.6 Å². The zero-order chi connectivity index (χ0) is 23.3. The average Bonchev–Trinajstić information content (AvgIpc) is 3.26. The number of benzene rings is 1. The molecule has 3 rings (SSSR count). The Morgan fingerprint density at radius 2 is 1.94 bits per heavy atom. The van der Waals surface area contributed by atoms with Crippen LogP contribution in [0, 0.1) is 5.41 Å². The minimum absolute atomic E-state index is 0.444. The topological polar surface area (TPSA) is 103 Å². The van der Waals surface area contributed by atoms with Gasteiger partial charge in [-0.3, -0.25) is 5.41 Å². The summed E-state index contributed by atoms with van der Waals surface area (Å²) in [6, 6.07) is 9.46. The van der Waals surface area contributed by atoms with Gasteiger partial charge in [0.1, 0.15) is 11.6 Å². The number of nitrogens with zero attached hydrogens (tertiary/aromatic N) is 3. The van der Waals surface area contributed by atoms with Crippen LogP contribution in [0.3, 0.4) is 0 Å². The molecule has 0 fully saturated rings. The molecule has 0 aliphatic carbocycles. The maximum Gasteiger partial charge on any atom is 0.144 e. The zero-order valence-electron chi connectivity index (χ0n) is 19.2. The van der Waals surface area contributed by atoms with E-state index in [0.29, 0.717) is 23.0 Å². The average molecular weight is 454 g/mol. The predicted molar refractivity (Wildman–Crippen MR) is 137 cm³/mol. The Morgan fingerprint density at radius 1 is 1.16 bits per heavy atom. The van der Waals surface area contributed by atoms with Gasteiger partial charge in [-0.1, -0.05) is 0 Å². The van der Waals surface area contributed by atoms with Crippen molar-refractivity contribution in [3.63, 3.8) is 0 Å². The molecule has 0 amide bonds. The molecule has 3 aromatic rings. The summed E-state index contributed by atoms with van der Waals surface area (Å²) >= 11 is 1.53. The Bertz CT molecular complexity index is 1080. The standard InChI is InChI=1S/C23H31N7OS/c1-26-17-7-11-32-23(17)22(25)15-6-8-27-21(12-15)28-18-13-16(24)19(14-20(18)31-5)30(4)10-9-29(2)3/h6-8,11-14,25-26H,9-10,24H2,1-5H3,(H,27,28). The first-order chi connectivity index (χ1) is 15.3. The van der Waals surface area contributed by atoms with Crippen molar-refractivity contribution in [3.8, 4) is 5.75 Å². The summed E-state index contributed by atoms with van der Waals surface area (Å²) < 4.78 is 5.62. The lowest BCUT2D eigenvalue weighted by molar-refractivity contribution is 0.413. The lowest BCUT2D eigenvalue weighted by Gasteiger charge is -2.24. The van der Waals surface area contributed by atoms with E-state index in [1.807, 2.05) is 63.9 Å². The van der Waals surface area contributed by atoms with Gasteiger partial charge in [-0.25, -0.2) is 4.98 Å². The van der Waals surface area contributed by atoms with Crippen molar-refractivity contribution in [1.29, 1.82) is 5.41 Å². The molecule has 170 valence electrons. The summed E-state index contributed by atoms with van der Waals surface area (Å²) in [6.07, 6.45) is 1.69. The van der Waals surface area contributed by atoms with Gasteiger partial charge in [0.05, 0.1) is 40.4 Å². The molecular weight excluding hydrogens is 422 g/mol. The van der Waals surface area contributed by atoms with Gasteiger partial charge in [-0.05, 0) is 43.7 Å². The third-order valence-corrected chi connectivity index (χ3v) is 6.05. The van der Waals surface area contributed by atoms with Crippen LogP contribution in [0.2, 0.25) is 0 Å². The highest BCUT2D eigenvalue weighted by molar-refractivity contribution is 7.13. The SMILES string of the molecule is CNc1ccsc1C(=N)c1ccnc(Nc2cc(N)c(N(C)CCN(C)C)cc2OC)c1. The lowest BCUT2D eigenvalue weighted by atomic mass is 10.1. The number of pyridine rings is 1. The van der Waals surface area contributed by atoms with E-state index in [-0.39, 0.29) is 0 Å². The fourth-order valence-corrected chi connectivity index (χ4v) is 4.15. The van der Waals surface area contributed by atoms with E-state index in [1.165, 1.54) is 11.3 Å². The van der Waals surface area contributed by atoms with Crippen molar-refractivity contribution in [2.75, 3.05) is 69.7 Å². The quantitative estimate of drug-likeness (QED) is 0.272. The van der Waals surface area contributed by atoms with E-state index in [0.717, 1.165) is 40.6 Å². The third kappa shape index (κ3) is 5.30. The summed E-state index contributed by atoms with van der Waals surface area (Å²) in [7, 11) is 9.60. The smallest absolute Gasteiger partial charge is 0.144 e. The summed E-state index contributed by atoms with van der Waals surface area (Å²) in [5.74, 6) is 1.28. The molecule has 0 unspecified atom stereocenters. The van der Waals surface area contributed by atoms with Gasteiger partial charge in [0, 0.05) is 45.0 Å². The molecule has 0 bridgehead atoms. The van der Waals surface area contributed by atoms with Crippen molar-refractivity contribution < 1.29 is 4.74 Å². The number of hydrogen-bond acceptors (Lipinski definition) is 9. The molecule has 32 heavy (non-hydrogen) atoms. The lowest BCUT2D eigenvalue weighted by Crippen LogP contribution is -2.29. The van der Waals surface area contributed by atoms with Crippen LogP contribution >= 0.6 is 11.3 Å². The zero-order valence-corrected chi connectivity index (χ0v) is 20.0. The van der Waals surface area contributed by atoms with Crippen molar-refractivity contribution in [1.82, 2.24) is 9.88 Å². The van der Waals surface area contributed by atoms with Crippen molar-refractivity contribution in [3.05, 3.63) is 52.3 Å². The van der Waals surface area contributed by atoms with Gasteiger partial charge in [0.25, 0.3) is 0 Å². The number of ether oxygens (including phenoxy) is 1. The number of thiophene rings is 1. The maximum absolute atomic E-state index is 8.63. The van der Waals surface area contributed by atoms with Crippen LogP contribution in [-0.4, -0.2) is 64.0 Å². The highest BCUT2D eigenvalue weighted by Crippen LogP contribution is 2.36. The molecule has 8 nitrogen and oxygen atoms in total. The molecule has 0 atom stereocenters. The minimum Gasteiger partial charge on any atom is -0.494 e. The second kappa shape index (κ2) is 10.3. The van der Waals surface area contributed by atoms with E-state index < -0.39 is 0 Å². The van der Waals surface area contributed by atoms with Crippen LogP contribution in [0.25, 0.3) is 0 Å². The molecule has 0 spiro atoms. The number of nitrogen functional groups attached to an aromatic ring is 1. The normalized spacial score (nSPS) is 10.8. The summed E-state index contributed by atoms with van der Waals surface area (Å²) in [4.78, 5) is 9.55. The number of nitrogens with one attached hydrogen (secondary N) is 3. The van der Waals surface area contributed by atoms with Gasteiger partial charge in [-0.2, -0.15) is 0 Å². The van der Waals surface area contributed by atoms with E-state index in [4.69, 9.17) is 15.9 Å². The Balaban J connectivity index is 1.85. The largest absolute Gasteiger partial charge is 0.494 e. The summed E-state index contributed by atoms with van der Waals surface area (Å²) in [6.45, 7) is 1.76. The Kier molecular flexibility index (Phi) is 7.55. The molecule has 9 heteroatoms. The number of aromatic nitrogens is 1. The van der Waals surface area contributed by atoms with Crippen LogP contribution in [0.15, 0.2) is 41.9 Å². The van der Waals surface area contributed by atoms with Crippen molar-refractivity contribution in [2.45, 2.75) is 0 Å². The Hall–Kier alpha value is -3.30. The van der Waals surface area contributed by atoms with E-state index in [9.17, 15) is 0 Å². The number of hydrogen-bond donors (Lipinski definition) is 4. The van der Waals surface area contributed by atoms with Crippen LogP contribution < -0.4 is 26.0 Å². The molecule has 2 aromatic heterocycles. The van der Waals surface area contributed by atoms with E-state index in [1.54, 1.807) is 13.3 Å². The number of anilines is 5. The highest BCUT2D eigenvalue weighted by Gasteiger charge is 2.15. The molecular formula is C23H31N7OS. The number of rotatable bonds is 10. The van der Waals surface area contributed by atoms with Crippen LogP contribution in [-0.2, 0) is 0 Å². The Labute approximate surface area is 193 Å². The molecule has 0 saturated carbocycles. The van der Waals surface area contributed by atoms with Crippen molar-refractivity contribution in [2.24, 2.45) is 0 Å². The van der Waals surface area contributed by atoms with Gasteiger partial charge >= 0.3 is 0 Å². The Morgan fingerprint density at radius 3 is 2.62 bits per heavy atom. The molecule has 0 radical (unpaired) electrons. The monoisotopic (exact) mass is 453 g/mol. The van der Waals surface area contributed by atoms with Crippen LogP contribution in [0.1, 0.15) is 10.4 Å². The third-order valence-electron chi connectivity index (χ3n) is 5.12. The molecule has 1 aromatic carbocycles. The minimum atomic E-state index is 0.444. The van der Waals surface area contributed by atoms with E-state index in [2.05, 4.69) is 25.4 Å². The van der Waals surface area contributed by atoms with Crippen LogP contribution in [0.5, 0.6) is 5.75 Å². The molecule has 2 heterocycles. The first-order valence-electron chi connectivity index (χ1n) is 10.2. The number of nitrogens with two attached hydrogens (primary N) is 1. The second-order valence-electron chi connectivity index (χ2n) is 7.68. The fourth-order valence-electron chi connectivity index (χ4n) is 3.28. The first kappa shape index (κ1) is 23.4. The summed E-state index contributed by atoms with van der Waals surface area (Å²) in [5.41, 5.74) is 10.8. The number of methoxy groups -OCH3 is 1.